The lowest BCUT2D eigenvalue weighted by Gasteiger charge is -2.27. The van der Waals surface area contributed by atoms with E-state index < -0.39 is 60.3 Å². The van der Waals surface area contributed by atoms with Crippen molar-refractivity contribution in [2.75, 3.05) is 12.3 Å². The zero-order valence-corrected chi connectivity index (χ0v) is 32.3. The number of imide groups is 2. The van der Waals surface area contributed by atoms with Gasteiger partial charge < -0.3 is 35.1 Å². The maximum atomic E-state index is 13.3. The van der Waals surface area contributed by atoms with Crippen molar-refractivity contribution in [2.24, 2.45) is 0 Å². The molecule has 4 amide bonds. The molecule has 3 aliphatic rings. The van der Waals surface area contributed by atoms with Gasteiger partial charge in [-0.3, -0.25) is 34.2 Å². The van der Waals surface area contributed by atoms with Gasteiger partial charge in [0.25, 0.3) is 11.8 Å². The molecule has 1 unspecified atom stereocenters. The summed E-state index contributed by atoms with van der Waals surface area (Å²) in [5.41, 5.74) is 8.06. The smallest absolute Gasteiger partial charge is 0.262 e. The third-order valence-electron chi connectivity index (χ3n) is 11.0. The van der Waals surface area contributed by atoms with Gasteiger partial charge in [0, 0.05) is 25.5 Å². The van der Waals surface area contributed by atoms with Gasteiger partial charge in [-0.2, -0.15) is 0 Å². The standard InChI is InChI=1S/C41H45ClN6O10/c42-27-14-13-23(32(51)35-33(52)34(53)41(58-35)47-18-17-26-36(43)44-21-45-37(26)47)20-29(27)57-19-7-11-24(49)10-5-3-1-2-4-8-22-9-6-12-25-31(22)40(56)48(39(25)55)28-15-16-30(50)46-38(28)54/h6,9,12-14,17-18,20-21,28,32-35,41,51-53H,1-5,7-8,10-11,15-16,19H2,(H2,43,44,45)(H,46,50,54)/t28?,32-,33+,34-,35-,41-/m1/s1. The molecule has 58 heavy (non-hydrogen) atoms. The number of hydrogen-bond acceptors (Lipinski definition) is 13. The number of aryl methyl sites for hydroxylation is 1. The lowest BCUT2D eigenvalue weighted by molar-refractivity contribution is -0.136. The molecule has 0 radical (unpaired) electrons. The van der Waals surface area contributed by atoms with Gasteiger partial charge in [-0.1, -0.05) is 49.1 Å². The summed E-state index contributed by atoms with van der Waals surface area (Å²) in [6.45, 7) is 0.211. The number of halogens is 1. The third-order valence-corrected chi connectivity index (χ3v) is 11.3. The average molecular weight is 817 g/mol. The Morgan fingerprint density at radius 1 is 0.983 bits per heavy atom. The molecule has 6 N–H and O–H groups in total. The maximum Gasteiger partial charge on any atom is 0.262 e. The number of piperidine rings is 1. The highest BCUT2D eigenvalue weighted by Gasteiger charge is 2.48. The Morgan fingerprint density at radius 3 is 2.57 bits per heavy atom. The Balaban J connectivity index is 0.808. The number of ketones is 1. The van der Waals surface area contributed by atoms with Gasteiger partial charge in [-0.25, -0.2) is 9.97 Å². The fourth-order valence-electron chi connectivity index (χ4n) is 7.91. The minimum atomic E-state index is -1.43. The Bertz CT molecular complexity index is 2230. The van der Waals surface area contributed by atoms with Gasteiger partial charge >= 0.3 is 0 Å². The minimum absolute atomic E-state index is 0.0667. The minimum Gasteiger partial charge on any atom is -0.492 e. The summed E-state index contributed by atoms with van der Waals surface area (Å²) in [5, 5.41) is 36.0. The van der Waals surface area contributed by atoms with Crippen molar-refractivity contribution >= 4 is 57.9 Å². The number of carbonyl (C=O) groups is 5. The monoisotopic (exact) mass is 816 g/mol. The number of aromatic nitrogens is 3. The molecule has 0 aliphatic carbocycles. The van der Waals surface area contributed by atoms with Crippen molar-refractivity contribution in [1.82, 2.24) is 24.8 Å². The SMILES string of the molecule is Nc1ncnc2c1ccn2[C@@H]1O[C@H]([C@H](O)c2ccc(Cl)c(OCCCC(=O)CCCCCCCc3cccc4c3C(=O)N(C3CCC(=O)NC3=O)C4=O)c2)[C@@H](O)[C@H]1O. The summed E-state index contributed by atoms with van der Waals surface area (Å²) >= 11 is 6.38. The van der Waals surface area contributed by atoms with E-state index in [1.165, 1.54) is 10.9 Å². The van der Waals surface area contributed by atoms with E-state index in [1.807, 2.05) is 6.07 Å². The lowest BCUT2D eigenvalue weighted by Crippen LogP contribution is -2.54. The predicted molar refractivity (Wildman–Crippen MR) is 209 cm³/mol. The summed E-state index contributed by atoms with van der Waals surface area (Å²) in [5.74, 6) is -1.40. The molecule has 17 heteroatoms. The highest BCUT2D eigenvalue weighted by molar-refractivity contribution is 6.32. The summed E-state index contributed by atoms with van der Waals surface area (Å²) in [4.78, 5) is 72.1. The van der Waals surface area contributed by atoms with E-state index in [0.717, 1.165) is 42.6 Å². The number of aliphatic hydroxyl groups excluding tert-OH is 3. The fraction of sp³-hybridized carbons (Fsp3) is 0.439. The first-order valence-electron chi connectivity index (χ1n) is 19.5. The number of anilines is 1. The Hall–Kier alpha value is -5.26. The Morgan fingerprint density at radius 2 is 1.76 bits per heavy atom. The molecule has 4 aromatic rings. The molecule has 2 aromatic heterocycles. The molecule has 6 atom stereocenters. The Labute approximate surface area is 338 Å². The van der Waals surface area contributed by atoms with Crippen molar-refractivity contribution < 1.29 is 48.8 Å². The van der Waals surface area contributed by atoms with E-state index in [1.54, 1.807) is 42.6 Å². The number of nitrogens with zero attached hydrogens (tertiary/aromatic N) is 4. The van der Waals surface area contributed by atoms with Crippen LogP contribution in [0.15, 0.2) is 55.0 Å². The molecular weight excluding hydrogens is 772 g/mol. The van der Waals surface area contributed by atoms with Crippen LogP contribution in [0, 0.1) is 0 Å². The topological polar surface area (TPSA) is 236 Å². The van der Waals surface area contributed by atoms with Crippen LogP contribution in [0.1, 0.15) is 108 Å². The summed E-state index contributed by atoms with van der Waals surface area (Å²) < 4.78 is 13.4. The molecule has 3 aliphatic heterocycles. The van der Waals surface area contributed by atoms with E-state index in [-0.39, 0.29) is 36.6 Å². The number of carbonyl (C=O) groups excluding carboxylic acids is 5. The number of nitrogen functional groups attached to an aromatic ring is 1. The van der Waals surface area contributed by atoms with E-state index >= 15 is 0 Å². The molecule has 16 nitrogen and oxygen atoms in total. The predicted octanol–water partition coefficient (Wildman–Crippen LogP) is 3.73. The van der Waals surface area contributed by atoms with E-state index in [2.05, 4.69) is 15.3 Å². The molecular formula is C41H45ClN6O10. The van der Waals surface area contributed by atoms with Gasteiger partial charge in [0.05, 0.1) is 28.1 Å². The number of Topliss-reactive ketones (excluding diaryl/α,β-unsaturated/α-hetero) is 1. The van der Waals surface area contributed by atoms with Gasteiger partial charge in [0.2, 0.25) is 11.8 Å². The first-order chi connectivity index (χ1) is 27.9. The Kier molecular flexibility index (Phi) is 12.5. The number of unbranched alkanes of at least 4 members (excludes halogenated alkanes) is 4. The first-order valence-corrected chi connectivity index (χ1v) is 19.9. The number of aliphatic hydroxyl groups is 3. The average Bonchev–Trinajstić information content (AvgIpc) is 3.85. The normalized spacial score (nSPS) is 22.4. The number of rotatable bonds is 17. The van der Waals surface area contributed by atoms with E-state index in [0.29, 0.717) is 58.6 Å². The van der Waals surface area contributed by atoms with Crippen molar-refractivity contribution in [3.05, 3.63) is 82.3 Å². The summed E-state index contributed by atoms with van der Waals surface area (Å²) in [7, 11) is 0. The van der Waals surface area contributed by atoms with Crippen molar-refractivity contribution in [1.29, 1.82) is 0 Å². The molecule has 0 spiro atoms. The number of ether oxygens (including phenoxy) is 2. The van der Waals surface area contributed by atoms with Gasteiger partial charge in [0.15, 0.2) is 6.23 Å². The zero-order chi connectivity index (χ0) is 41.1. The summed E-state index contributed by atoms with van der Waals surface area (Å²) in [6, 6.07) is 10.5. The van der Waals surface area contributed by atoms with Crippen molar-refractivity contribution in [2.45, 2.75) is 107 Å². The molecule has 2 fully saturated rings. The first kappa shape index (κ1) is 40.9. The van der Waals surface area contributed by atoms with Crippen LogP contribution in [0.5, 0.6) is 5.75 Å². The molecule has 2 aromatic carbocycles. The fourth-order valence-corrected chi connectivity index (χ4v) is 8.09. The van der Waals surface area contributed by atoms with E-state index in [9.17, 15) is 39.3 Å². The number of benzene rings is 2. The largest absolute Gasteiger partial charge is 0.492 e. The van der Waals surface area contributed by atoms with Gasteiger partial charge in [-0.15, -0.1) is 0 Å². The molecule has 0 saturated carbocycles. The molecule has 2 saturated heterocycles. The quantitative estimate of drug-likeness (QED) is 0.0756. The van der Waals surface area contributed by atoms with Crippen LogP contribution in [0.25, 0.3) is 11.0 Å². The van der Waals surface area contributed by atoms with Crippen molar-refractivity contribution in [3.8, 4) is 5.75 Å². The van der Waals surface area contributed by atoms with Crippen LogP contribution in [-0.4, -0.2) is 95.1 Å². The number of fused-ring (bicyclic) bond motifs is 2. The maximum absolute atomic E-state index is 13.3. The zero-order valence-electron chi connectivity index (χ0n) is 31.6. The van der Waals surface area contributed by atoms with Crippen LogP contribution in [0.4, 0.5) is 5.82 Å². The van der Waals surface area contributed by atoms with Crippen LogP contribution in [0.2, 0.25) is 5.02 Å². The molecule has 5 heterocycles. The second kappa shape index (κ2) is 17.7. The van der Waals surface area contributed by atoms with Crippen molar-refractivity contribution in [3.63, 3.8) is 0 Å². The number of hydrogen-bond donors (Lipinski definition) is 5. The molecule has 7 rings (SSSR count). The van der Waals surface area contributed by atoms with Crippen LogP contribution in [-0.2, 0) is 25.5 Å². The summed E-state index contributed by atoms with van der Waals surface area (Å²) in [6.07, 6.45) is 2.68. The number of nitrogens with two attached hydrogens (primary N) is 1. The highest BCUT2D eigenvalue weighted by atomic mass is 35.5. The number of nitrogens with one attached hydrogen (secondary N) is 1. The molecule has 0 bridgehead atoms. The number of amides is 4. The van der Waals surface area contributed by atoms with Gasteiger partial charge in [-0.05, 0) is 67.5 Å². The molecule has 306 valence electrons. The highest BCUT2D eigenvalue weighted by Crippen LogP contribution is 2.39. The van der Waals surface area contributed by atoms with E-state index in [4.69, 9.17) is 26.8 Å². The van der Waals surface area contributed by atoms with Crippen LogP contribution in [0.3, 0.4) is 0 Å². The second-order valence-corrected chi connectivity index (χ2v) is 15.3. The van der Waals surface area contributed by atoms with Crippen LogP contribution >= 0.6 is 11.6 Å². The second-order valence-electron chi connectivity index (χ2n) is 14.9. The lowest BCUT2D eigenvalue weighted by atomic mass is 9.97. The van der Waals surface area contributed by atoms with Gasteiger partial charge in [0.1, 0.15) is 59.8 Å². The third kappa shape index (κ3) is 8.33. The van der Waals surface area contributed by atoms with Crippen LogP contribution < -0.4 is 15.8 Å².